The molecule has 0 radical (unpaired) electrons. The van der Waals surface area contributed by atoms with Gasteiger partial charge in [0.15, 0.2) is 0 Å². The van der Waals surface area contributed by atoms with Crippen LogP contribution in [0, 0.1) is 6.92 Å². The fraction of sp³-hybridized carbons (Fsp3) is 0.389. The lowest BCUT2D eigenvalue weighted by molar-refractivity contribution is 0.628. The Balaban J connectivity index is 2.30. The van der Waals surface area contributed by atoms with Gasteiger partial charge in [-0.15, -0.1) is 0 Å². The van der Waals surface area contributed by atoms with Gasteiger partial charge < -0.3 is 5.32 Å². The maximum atomic E-state index is 4.41. The molecule has 0 amide bonds. The van der Waals surface area contributed by atoms with Crippen LogP contribution < -0.4 is 5.32 Å². The van der Waals surface area contributed by atoms with Gasteiger partial charge in [0.05, 0.1) is 6.04 Å². The second-order valence-corrected chi connectivity index (χ2v) is 5.54. The summed E-state index contributed by atoms with van der Waals surface area (Å²) in [6, 6.07) is 13.4. The highest BCUT2D eigenvalue weighted by Crippen LogP contribution is 2.24. The number of nitrogens with zero attached hydrogens (tertiary/aromatic N) is 1. The summed E-state index contributed by atoms with van der Waals surface area (Å²) in [6.45, 7) is 9.53. The highest BCUT2D eigenvalue weighted by Gasteiger charge is 2.13. The van der Waals surface area contributed by atoms with Gasteiger partial charge in [0.2, 0.25) is 0 Å². The van der Waals surface area contributed by atoms with Crippen LogP contribution in [0.3, 0.4) is 0 Å². The molecule has 2 heteroatoms. The average molecular weight is 268 g/mol. The maximum Gasteiger partial charge on any atom is 0.0591 e. The molecule has 2 aromatic rings. The van der Waals surface area contributed by atoms with Crippen LogP contribution in [0.15, 0.2) is 42.6 Å². The maximum absolute atomic E-state index is 4.41. The smallest absolute Gasteiger partial charge is 0.0591 e. The average Bonchev–Trinajstić information content (AvgIpc) is 2.46. The van der Waals surface area contributed by atoms with Crippen molar-refractivity contribution in [1.29, 1.82) is 0 Å². The number of nitrogens with one attached hydrogen (secondary N) is 1. The van der Waals surface area contributed by atoms with E-state index in [0.29, 0.717) is 5.92 Å². The Bertz CT molecular complexity index is 526. The zero-order valence-electron chi connectivity index (χ0n) is 12.9. The molecule has 0 saturated heterocycles. The zero-order chi connectivity index (χ0) is 14.5. The summed E-state index contributed by atoms with van der Waals surface area (Å²) in [5, 5.41) is 3.54. The van der Waals surface area contributed by atoms with Crippen LogP contribution in [0.4, 0.5) is 0 Å². The van der Waals surface area contributed by atoms with E-state index in [9.17, 15) is 0 Å². The van der Waals surface area contributed by atoms with Crippen molar-refractivity contribution in [2.24, 2.45) is 0 Å². The Morgan fingerprint density at radius 3 is 2.05 bits per heavy atom. The Morgan fingerprint density at radius 1 is 0.950 bits per heavy atom. The molecule has 1 unspecified atom stereocenters. The summed E-state index contributed by atoms with van der Waals surface area (Å²) in [5.74, 6) is 0.572. The Hall–Kier alpha value is -1.67. The molecule has 1 aromatic carbocycles. The number of hydrogen-bond donors (Lipinski definition) is 1. The first-order chi connectivity index (χ1) is 9.61. The van der Waals surface area contributed by atoms with E-state index >= 15 is 0 Å². The molecule has 20 heavy (non-hydrogen) atoms. The van der Waals surface area contributed by atoms with Gasteiger partial charge >= 0.3 is 0 Å². The van der Waals surface area contributed by atoms with Gasteiger partial charge in [-0.25, -0.2) is 0 Å². The Kier molecular flexibility index (Phi) is 4.91. The number of aromatic nitrogens is 1. The second kappa shape index (κ2) is 6.67. The third-order valence-corrected chi connectivity index (χ3v) is 3.61. The van der Waals surface area contributed by atoms with Crippen LogP contribution in [0.1, 0.15) is 55.1 Å². The summed E-state index contributed by atoms with van der Waals surface area (Å²) >= 11 is 0. The molecule has 0 fully saturated rings. The van der Waals surface area contributed by atoms with Crippen LogP contribution in [0.2, 0.25) is 0 Å². The molecule has 0 aliphatic rings. The minimum atomic E-state index is 0.217. The van der Waals surface area contributed by atoms with Crippen molar-refractivity contribution in [2.75, 3.05) is 6.54 Å². The van der Waals surface area contributed by atoms with Crippen LogP contribution >= 0.6 is 0 Å². The molecular weight excluding hydrogens is 244 g/mol. The minimum absolute atomic E-state index is 0.217. The van der Waals surface area contributed by atoms with E-state index in [-0.39, 0.29) is 6.04 Å². The van der Waals surface area contributed by atoms with E-state index in [1.807, 2.05) is 13.1 Å². The van der Waals surface area contributed by atoms with Gasteiger partial charge in [0.25, 0.3) is 0 Å². The second-order valence-electron chi connectivity index (χ2n) is 5.54. The quantitative estimate of drug-likeness (QED) is 0.878. The fourth-order valence-electron chi connectivity index (χ4n) is 2.36. The van der Waals surface area contributed by atoms with Crippen molar-refractivity contribution < 1.29 is 0 Å². The Morgan fingerprint density at radius 2 is 1.55 bits per heavy atom. The summed E-state index contributed by atoms with van der Waals surface area (Å²) in [6.07, 6.45) is 1.97. The number of rotatable bonds is 5. The van der Waals surface area contributed by atoms with Crippen molar-refractivity contribution in [3.05, 3.63) is 65.0 Å². The predicted octanol–water partition coefficient (Wildman–Crippen LogP) is 4.21. The van der Waals surface area contributed by atoms with Gasteiger partial charge in [-0.3, -0.25) is 4.98 Å². The van der Waals surface area contributed by atoms with Crippen molar-refractivity contribution in [1.82, 2.24) is 10.3 Å². The molecule has 1 N–H and O–H groups in total. The highest BCUT2D eigenvalue weighted by atomic mass is 14.9. The van der Waals surface area contributed by atoms with Crippen molar-refractivity contribution in [2.45, 2.75) is 39.7 Å². The van der Waals surface area contributed by atoms with Crippen molar-refractivity contribution in [3.8, 4) is 0 Å². The van der Waals surface area contributed by atoms with Crippen LogP contribution in [0.25, 0.3) is 0 Å². The first-order valence-corrected chi connectivity index (χ1v) is 7.37. The largest absolute Gasteiger partial charge is 0.306 e. The molecule has 0 aliphatic carbocycles. The standard InChI is InChI=1S/C18H24N2/c1-5-19-18(17-7-6-14(4)20-12-17)16-10-8-15(9-11-16)13(2)3/h6-13,18-19H,5H2,1-4H3. The van der Waals surface area contributed by atoms with Crippen LogP contribution in [-0.2, 0) is 0 Å². The summed E-state index contributed by atoms with van der Waals surface area (Å²) in [5.41, 5.74) is 4.95. The number of hydrogen-bond acceptors (Lipinski definition) is 2. The van der Waals surface area contributed by atoms with E-state index in [4.69, 9.17) is 0 Å². The molecule has 0 bridgehead atoms. The molecule has 106 valence electrons. The number of pyridine rings is 1. The molecule has 0 saturated carbocycles. The van der Waals surface area contributed by atoms with Gasteiger partial charge in [-0.1, -0.05) is 51.1 Å². The summed E-state index contributed by atoms with van der Waals surface area (Å²) in [7, 11) is 0. The molecular formula is C18H24N2. The van der Waals surface area contributed by atoms with E-state index in [2.05, 4.69) is 67.5 Å². The molecule has 1 heterocycles. The van der Waals surface area contributed by atoms with Crippen LogP contribution in [-0.4, -0.2) is 11.5 Å². The zero-order valence-corrected chi connectivity index (χ0v) is 12.9. The molecule has 0 aliphatic heterocycles. The summed E-state index contributed by atoms with van der Waals surface area (Å²) < 4.78 is 0. The number of benzene rings is 1. The number of aryl methyl sites for hydroxylation is 1. The third-order valence-electron chi connectivity index (χ3n) is 3.61. The molecule has 1 atom stereocenters. The lowest BCUT2D eigenvalue weighted by Crippen LogP contribution is -2.22. The summed E-state index contributed by atoms with van der Waals surface area (Å²) in [4.78, 5) is 4.41. The minimum Gasteiger partial charge on any atom is -0.306 e. The predicted molar refractivity (Wildman–Crippen MR) is 85.0 cm³/mol. The molecule has 2 nitrogen and oxygen atoms in total. The topological polar surface area (TPSA) is 24.9 Å². The van der Waals surface area contributed by atoms with Crippen molar-refractivity contribution in [3.63, 3.8) is 0 Å². The van der Waals surface area contributed by atoms with Gasteiger partial charge in [-0.05, 0) is 42.1 Å². The van der Waals surface area contributed by atoms with Gasteiger partial charge in [-0.2, -0.15) is 0 Å². The first-order valence-electron chi connectivity index (χ1n) is 7.37. The Labute approximate surface area is 122 Å². The van der Waals surface area contributed by atoms with Crippen molar-refractivity contribution >= 4 is 0 Å². The lowest BCUT2D eigenvalue weighted by Gasteiger charge is -2.19. The lowest BCUT2D eigenvalue weighted by atomic mass is 9.96. The van der Waals surface area contributed by atoms with Crippen LogP contribution in [0.5, 0.6) is 0 Å². The fourth-order valence-corrected chi connectivity index (χ4v) is 2.36. The van der Waals surface area contributed by atoms with Gasteiger partial charge in [0.1, 0.15) is 0 Å². The van der Waals surface area contributed by atoms with Gasteiger partial charge in [0, 0.05) is 11.9 Å². The van der Waals surface area contributed by atoms with E-state index < -0.39 is 0 Å². The molecule has 2 rings (SSSR count). The molecule has 1 aromatic heterocycles. The third kappa shape index (κ3) is 3.45. The van der Waals surface area contributed by atoms with E-state index in [1.165, 1.54) is 16.7 Å². The van der Waals surface area contributed by atoms with E-state index in [0.717, 1.165) is 12.2 Å². The first kappa shape index (κ1) is 14.7. The highest BCUT2D eigenvalue weighted by molar-refractivity contribution is 5.33. The van der Waals surface area contributed by atoms with E-state index in [1.54, 1.807) is 0 Å². The monoisotopic (exact) mass is 268 g/mol. The normalized spacial score (nSPS) is 12.7. The SMILES string of the molecule is CCNC(c1ccc(C(C)C)cc1)c1ccc(C)nc1. The molecule has 0 spiro atoms.